The molecule has 0 rings (SSSR count). The summed E-state index contributed by atoms with van der Waals surface area (Å²) >= 11 is 0. The first-order valence-corrected chi connectivity index (χ1v) is 3.98. The van der Waals surface area contributed by atoms with Gasteiger partial charge < -0.3 is 17.8 Å². The van der Waals surface area contributed by atoms with Gasteiger partial charge in [-0.05, 0) is 12.8 Å². The van der Waals surface area contributed by atoms with E-state index in [1.807, 2.05) is 6.92 Å². The molecule has 74 valence electrons. The molecule has 3 nitrogen and oxygen atoms in total. The maximum atomic E-state index is 7.62. The predicted molar refractivity (Wildman–Crippen MR) is 53.5 cm³/mol. The van der Waals surface area contributed by atoms with E-state index in [1.165, 1.54) is 0 Å². The summed E-state index contributed by atoms with van der Waals surface area (Å²) < 4.78 is 5.09. The average molecular weight is 206 g/mol. The van der Waals surface area contributed by atoms with Crippen molar-refractivity contribution in [1.29, 1.82) is 0 Å². The van der Waals surface area contributed by atoms with Gasteiger partial charge in [0.05, 0.1) is 13.2 Å². The smallest absolute Gasteiger partial charge is 1.00 e. The van der Waals surface area contributed by atoms with Crippen molar-refractivity contribution in [3.8, 4) is 0 Å². The van der Waals surface area contributed by atoms with Crippen molar-refractivity contribution in [2.45, 2.75) is 20.8 Å². The van der Waals surface area contributed by atoms with Gasteiger partial charge in [-0.2, -0.15) is 0 Å². The zero-order valence-electron chi connectivity index (χ0n) is 10.4. The molecule has 0 bridgehead atoms. The molecule has 12 heavy (non-hydrogen) atoms. The van der Waals surface area contributed by atoms with Crippen LogP contribution in [0.3, 0.4) is 0 Å². The normalized spacial score (nSPS) is 8.50. The number of aliphatic hydroxyl groups is 2. The van der Waals surface area contributed by atoms with Gasteiger partial charge in [0.1, 0.15) is 0 Å². The Labute approximate surface area is 108 Å². The number of aliphatic hydroxyl groups excluding tert-OH is 2. The van der Waals surface area contributed by atoms with Crippen LogP contribution in [0.1, 0.15) is 23.6 Å². The Hall–Kier alpha value is 1.14. The van der Waals surface area contributed by atoms with Crippen molar-refractivity contribution < 1.29 is 17.8 Å². The van der Waals surface area contributed by atoms with E-state index in [2.05, 4.69) is 13.8 Å². The molecule has 0 amide bonds. The van der Waals surface area contributed by atoms with Crippen molar-refractivity contribution in [3.63, 3.8) is 0 Å². The second kappa shape index (κ2) is 18.0. The summed E-state index contributed by atoms with van der Waals surface area (Å²) in [6, 6.07) is 0. The van der Waals surface area contributed by atoms with E-state index in [-0.39, 0.29) is 53.8 Å². The van der Waals surface area contributed by atoms with Gasteiger partial charge in [0.15, 0.2) is 0 Å². The fourth-order valence-corrected chi connectivity index (χ4v) is 0.354. The molecule has 2 N–H and O–H groups in total. The molecule has 0 heterocycles. The topological polar surface area (TPSA) is 49.7 Å². The van der Waals surface area contributed by atoms with Crippen LogP contribution in [-0.4, -0.2) is 74.4 Å². The molecule has 0 saturated heterocycles. The first kappa shape index (κ1) is 18.8. The Morgan fingerprint density at radius 1 is 1.25 bits per heavy atom. The summed E-state index contributed by atoms with van der Waals surface area (Å²) in [5.41, 5.74) is 0. The quantitative estimate of drug-likeness (QED) is 0.658. The Morgan fingerprint density at radius 2 is 1.67 bits per heavy atom. The third-order valence-electron chi connectivity index (χ3n) is 0.755. The van der Waals surface area contributed by atoms with E-state index in [9.17, 15) is 0 Å². The Morgan fingerprint density at radius 3 is 1.75 bits per heavy atom. The second-order valence-electron chi connectivity index (χ2n) is 2.50. The molecule has 0 saturated carbocycles. The van der Waals surface area contributed by atoms with Crippen molar-refractivity contribution >= 4 is 37.7 Å². The first-order chi connectivity index (χ1) is 5.18. The molecule has 0 aliphatic heterocycles. The van der Waals surface area contributed by atoms with Gasteiger partial charge in [-0.1, -0.05) is 13.8 Å². The molecule has 0 spiro atoms. The molecule has 0 radical (unpaired) electrons. The van der Waals surface area contributed by atoms with Gasteiger partial charge in [0.25, 0.3) is 0 Å². The van der Waals surface area contributed by atoms with Gasteiger partial charge in [0, 0.05) is 13.2 Å². The molecular formula is C8H22CaO3. The molecule has 0 aromatic carbocycles. The van der Waals surface area contributed by atoms with Crippen LogP contribution < -0.4 is 0 Å². The van der Waals surface area contributed by atoms with Gasteiger partial charge in [-0.15, -0.1) is 0 Å². The van der Waals surface area contributed by atoms with Crippen molar-refractivity contribution in [2.24, 2.45) is 5.92 Å². The zero-order valence-corrected chi connectivity index (χ0v) is 10.6. The molecule has 0 fully saturated rings. The summed E-state index contributed by atoms with van der Waals surface area (Å²) in [4.78, 5) is 0. The monoisotopic (exact) mass is 206 g/mol. The summed E-state index contributed by atoms with van der Waals surface area (Å²) in [6.45, 7) is 7.81. The van der Waals surface area contributed by atoms with E-state index in [0.717, 1.165) is 13.2 Å². The van der Waals surface area contributed by atoms with E-state index in [0.29, 0.717) is 5.92 Å². The predicted octanol–water partition coefficient (Wildman–Crippen LogP) is 0.494. The maximum absolute atomic E-state index is 7.62. The van der Waals surface area contributed by atoms with Crippen LogP contribution in [0.2, 0.25) is 0 Å². The third-order valence-corrected chi connectivity index (χ3v) is 0.755. The Balaban J connectivity index is -0.0000000347. The minimum absolute atomic E-state index is 0. The minimum atomic E-state index is -0.125. The largest absolute Gasteiger partial charge is 2.00 e. The van der Waals surface area contributed by atoms with Crippen LogP contribution >= 0.6 is 0 Å². The molecule has 0 aliphatic rings. The van der Waals surface area contributed by atoms with Gasteiger partial charge >= 0.3 is 37.7 Å². The second-order valence-corrected chi connectivity index (χ2v) is 2.50. The molecule has 0 aliphatic carbocycles. The molecule has 4 heteroatoms. The fourth-order valence-electron chi connectivity index (χ4n) is 0.354. The fraction of sp³-hybridized carbons (Fsp3) is 1.00. The number of ether oxygens (including phenoxy) is 1. The van der Waals surface area contributed by atoms with Gasteiger partial charge in [-0.3, -0.25) is 0 Å². The number of rotatable bonds is 4. The summed E-state index contributed by atoms with van der Waals surface area (Å²) in [7, 11) is 0. The minimum Gasteiger partial charge on any atom is -1.00 e. The van der Waals surface area contributed by atoms with Crippen molar-refractivity contribution in [2.75, 3.05) is 26.4 Å². The van der Waals surface area contributed by atoms with E-state index >= 15 is 0 Å². The van der Waals surface area contributed by atoms with Crippen molar-refractivity contribution in [3.05, 3.63) is 0 Å². The molecule has 0 unspecified atom stereocenters. The van der Waals surface area contributed by atoms with E-state index in [4.69, 9.17) is 14.9 Å². The van der Waals surface area contributed by atoms with Gasteiger partial charge in [-0.25, -0.2) is 0 Å². The van der Waals surface area contributed by atoms with Gasteiger partial charge in [0.2, 0.25) is 0 Å². The summed E-state index contributed by atoms with van der Waals surface area (Å²) in [5.74, 6) is 0.681. The third kappa shape index (κ3) is 30.4. The Kier molecular flexibility index (Phi) is 28.3. The number of hydrogen-bond donors (Lipinski definition) is 2. The zero-order chi connectivity index (χ0) is 9.11. The molecule has 0 aromatic heterocycles. The van der Waals surface area contributed by atoms with Crippen LogP contribution in [0.15, 0.2) is 0 Å². The maximum Gasteiger partial charge on any atom is 2.00 e. The molecule has 0 atom stereocenters. The van der Waals surface area contributed by atoms with Crippen LogP contribution in [0, 0.1) is 5.92 Å². The van der Waals surface area contributed by atoms with Crippen LogP contribution in [-0.2, 0) is 4.74 Å². The van der Waals surface area contributed by atoms with Crippen LogP contribution in [0.5, 0.6) is 0 Å². The summed E-state index contributed by atoms with van der Waals surface area (Å²) in [5, 5.41) is 15.2. The van der Waals surface area contributed by atoms with E-state index in [1.54, 1.807) is 0 Å². The van der Waals surface area contributed by atoms with E-state index < -0.39 is 0 Å². The van der Waals surface area contributed by atoms with Crippen molar-refractivity contribution in [1.82, 2.24) is 0 Å². The molecule has 0 aromatic rings. The average Bonchev–Trinajstić information content (AvgIpc) is 2.01. The number of hydrogen-bond acceptors (Lipinski definition) is 3. The standard InChI is InChI=1S/C6H14O.C2H6O2.Ca.2H/c1-4-7-5-6(2)3;3-1-2-4;;;/h6H,4-5H2,1-3H3;3-4H,1-2H2;;;/q;;+2;2*-1. The summed E-state index contributed by atoms with van der Waals surface area (Å²) in [6.07, 6.45) is 0. The van der Waals surface area contributed by atoms with Crippen LogP contribution in [0.4, 0.5) is 0 Å². The SMILES string of the molecule is CCOCC(C)C.OCCO.[Ca+2].[H-].[H-]. The first-order valence-electron chi connectivity index (χ1n) is 3.98. The van der Waals surface area contributed by atoms with Crippen LogP contribution in [0.25, 0.3) is 0 Å². The Bertz CT molecular complexity index is 66.5. The molecular weight excluding hydrogens is 184 g/mol.